The Morgan fingerprint density at radius 3 is 3.17 bits per heavy atom. The molecule has 3 nitrogen and oxygen atoms in total. The van der Waals surface area contributed by atoms with Crippen LogP contribution in [0.3, 0.4) is 0 Å². The maximum atomic E-state index is 8.86. The summed E-state index contributed by atoms with van der Waals surface area (Å²) in [4.78, 5) is 4.13. The van der Waals surface area contributed by atoms with Crippen molar-refractivity contribution in [2.24, 2.45) is 0 Å². The normalized spacial score (nSPS) is 13.2. The van der Waals surface area contributed by atoms with Crippen molar-refractivity contribution < 1.29 is 5.11 Å². The predicted octanol–water partition coefficient (Wildman–Crippen LogP) is 0.815. The average Bonchev–Trinajstić information content (AvgIpc) is 2.59. The summed E-state index contributed by atoms with van der Waals surface area (Å²) in [6.07, 6.45) is 1.79. The number of nitrogens with one attached hydrogen (secondary N) is 1. The third kappa shape index (κ3) is 3.10. The number of thioether (sulfide) groups is 1. The van der Waals surface area contributed by atoms with Crippen molar-refractivity contribution in [1.82, 2.24) is 10.3 Å². The van der Waals surface area contributed by atoms with Crippen LogP contribution in [0.5, 0.6) is 0 Å². The lowest BCUT2D eigenvalue weighted by atomic mass is 10.4. The molecular weight excluding hydrogens is 192 g/mol. The number of likely N-dealkylation sites (N-methyl/N-ethyl adjacent to an activating group) is 1. The van der Waals surface area contributed by atoms with E-state index in [1.54, 1.807) is 29.3 Å². The van der Waals surface area contributed by atoms with E-state index in [0.29, 0.717) is 0 Å². The van der Waals surface area contributed by atoms with Gasteiger partial charge in [-0.1, -0.05) is 11.8 Å². The number of rotatable bonds is 5. The van der Waals surface area contributed by atoms with Crippen LogP contribution < -0.4 is 5.32 Å². The number of hydrogen-bond acceptors (Lipinski definition) is 5. The van der Waals surface area contributed by atoms with Crippen LogP contribution in [0.15, 0.2) is 15.9 Å². The summed E-state index contributed by atoms with van der Waals surface area (Å²) >= 11 is 3.30. The second-order valence-corrected chi connectivity index (χ2v) is 4.44. The molecule has 0 radical (unpaired) electrons. The molecule has 0 bridgehead atoms. The lowest BCUT2D eigenvalue weighted by molar-refractivity contribution is 0.260. The van der Waals surface area contributed by atoms with Gasteiger partial charge < -0.3 is 10.4 Å². The van der Waals surface area contributed by atoms with Crippen LogP contribution in [0.25, 0.3) is 0 Å². The van der Waals surface area contributed by atoms with E-state index in [-0.39, 0.29) is 12.6 Å². The molecule has 0 saturated carbocycles. The summed E-state index contributed by atoms with van der Waals surface area (Å²) in [5.41, 5.74) is 0. The van der Waals surface area contributed by atoms with Gasteiger partial charge in [0.05, 0.1) is 6.61 Å². The summed E-state index contributed by atoms with van der Waals surface area (Å²) < 4.78 is 1.06. The molecule has 0 spiro atoms. The van der Waals surface area contributed by atoms with Crippen LogP contribution >= 0.6 is 23.1 Å². The first kappa shape index (κ1) is 9.98. The smallest absolute Gasteiger partial charge is 0.149 e. The van der Waals surface area contributed by atoms with Crippen LogP contribution in [-0.2, 0) is 0 Å². The zero-order valence-electron chi connectivity index (χ0n) is 6.86. The van der Waals surface area contributed by atoms with Gasteiger partial charge in [0.15, 0.2) is 0 Å². The van der Waals surface area contributed by atoms with Crippen molar-refractivity contribution in [3.8, 4) is 0 Å². The first-order valence-corrected chi connectivity index (χ1v) is 5.53. The molecular formula is C7H12N2OS2. The maximum absolute atomic E-state index is 8.86. The third-order valence-electron chi connectivity index (χ3n) is 1.45. The highest BCUT2D eigenvalue weighted by atomic mass is 32.2. The van der Waals surface area contributed by atoms with Crippen molar-refractivity contribution in [2.45, 2.75) is 10.4 Å². The number of thiazole rings is 1. The molecule has 1 rings (SSSR count). The summed E-state index contributed by atoms with van der Waals surface area (Å²) in [7, 11) is 1.85. The van der Waals surface area contributed by atoms with Crippen LogP contribution in [0.1, 0.15) is 0 Å². The molecule has 1 heterocycles. The molecule has 0 fully saturated rings. The average molecular weight is 204 g/mol. The molecule has 1 aromatic heterocycles. The summed E-state index contributed by atoms with van der Waals surface area (Å²) in [5.74, 6) is 0.862. The van der Waals surface area contributed by atoms with E-state index in [1.807, 2.05) is 12.4 Å². The Morgan fingerprint density at radius 2 is 2.67 bits per heavy atom. The maximum Gasteiger partial charge on any atom is 0.149 e. The minimum absolute atomic E-state index is 0.166. The second kappa shape index (κ2) is 5.53. The van der Waals surface area contributed by atoms with Gasteiger partial charge in [0, 0.05) is 23.4 Å². The van der Waals surface area contributed by atoms with Crippen molar-refractivity contribution in [1.29, 1.82) is 0 Å². The SMILES string of the molecule is CNC(CO)CSc1nccs1. The molecule has 2 N–H and O–H groups in total. The highest BCUT2D eigenvalue weighted by molar-refractivity contribution is 8.01. The van der Waals surface area contributed by atoms with E-state index in [1.165, 1.54) is 0 Å². The van der Waals surface area contributed by atoms with Crippen molar-refractivity contribution in [3.63, 3.8) is 0 Å². The number of aliphatic hydroxyl groups is 1. The molecule has 1 atom stereocenters. The molecule has 12 heavy (non-hydrogen) atoms. The van der Waals surface area contributed by atoms with Crippen molar-refractivity contribution in [2.75, 3.05) is 19.4 Å². The van der Waals surface area contributed by atoms with Gasteiger partial charge in [-0.25, -0.2) is 4.98 Å². The van der Waals surface area contributed by atoms with Gasteiger partial charge in [0.2, 0.25) is 0 Å². The van der Waals surface area contributed by atoms with Gasteiger partial charge in [0.25, 0.3) is 0 Å². The Balaban J connectivity index is 2.25. The third-order valence-corrected chi connectivity index (χ3v) is 3.57. The zero-order valence-corrected chi connectivity index (χ0v) is 8.49. The van der Waals surface area contributed by atoms with Gasteiger partial charge in [-0.15, -0.1) is 11.3 Å². The largest absolute Gasteiger partial charge is 0.395 e. The molecule has 0 saturated heterocycles. The predicted molar refractivity (Wildman–Crippen MR) is 52.8 cm³/mol. The summed E-state index contributed by atoms with van der Waals surface area (Å²) in [6.45, 7) is 0.175. The molecule has 5 heteroatoms. The minimum atomic E-state index is 0.166. The number of aromatic nitrogens is 1. The summed E-state index contributed by atoms with van der Waals surface area (Å²) in [5, 5.41) is 13.8. The number of nitrogens with zero attached hydrogens (tertiary/aromatic N) is 1. The van der Waals surface area contributed by atoms with Crippen molar-refractivity contribution in [3.05, 3.63) is 11.6 Å². The molecule has 68 valence electrons. The Labute approximate surface area is 80.2 Å². The second-order valence-electron chi connectivity index (χ2n) is 2.28. The van der Waals surface area contributed by atoms with Gasteiger partial charge in [-0.2, -0.15) is 0 Å². The lowest BCUT2D eigenvalue weighted by Crippen LogP contribution is -2.31. The Hall–Kier alpha value is -0.100. The fraction of sp³-hybridized carbons (Fsp3) is 0.571. The molecule has 0 amide bonds. The number of aliphatic hydroxyl groups excluding tert-OH is 1. The van der Waals surface area contributed by atoms with Gasteiger partial charge in [0.1, 0.15) is 4.34 Å². The lowest BCUT2D eigenvalue weighted by Gasteiger charge is -2.10. The Morgan fingerprint density at radius 1 is 1.83 bits per heavy atom. The van der Waals surface area contributed by atoms with Crippen LogP contribution in [-0.4, -0.2) is 35.5 Å². The minimum Gasteiger partial charge on any atom is -0.395 e. The van der Waals surface area contributed by atoms with E-state index in [9.17, 15) is 0 Å². The van der Waals surface area contributed by atoms with E-state index >= 15 is 0 Å². The van der Waals surface area contributed by atoms with E-state index in [4.69, 9.17) is 5.11 Å². The topological polar surface area (TPSA) is 45.1 Å². The standard InChI is InChI=1S/C7H12N2OS2/c1-8-6(4-10)5-12-7-9-2-3-11-7/h2-3,6,8,10H,4-5H2,1H3. The van der Waals surface area contributed by atoms with Gasteiger partial charge >= 0.3 is 0 Å². The fourth-order valence-electron chi connectivity index (χ4n) is 0.681. The monoisotopic (exact) mass is 204 g/mol. The highest BCUT2D eigenvalue weighted by Gasteiger charge is 2.05. The van der Waals surface area contributed by atoms with Crippen molar-refractivity contribution >= 4 is 23.1 Å². The molecule has 1 aromatic rings. The van der Waals surface area contributed by atoms with Crippen LogP contribution in [0.4, 0.5) is 0 Å². The first-order chi connectivity index (χ1) is 5.86. The van der Waals surface area contributed by atoms with Gasteiger partial charge in [-0.05, 0) is 7.05 Å². The summed E-state index contributed by atoms with van der Waals surface area (Å²) in [6, 6.07) is 0.166. The van der Waals surface area contributed by atoms with Crippen LogP contribution in [0.2, 0.25) is 0 Å². The first-order valence-electron chi connectivity index (χ1n) is 3.67. The number of hydrogen-bond donors (Lipinski definition) is 2. The molecule has 0 aliphatic rings. The Bertz CT molecular complexity index is 199. The van der Waals surface area contributed by atoms with E-state index < -0.39 is 0 Å². The Kier molecular flexibility index (Phi) is 4.60. The molecule has 1 unspecified atom stereocenters. The van der Waals surface area contributed by atoms with E-state index in [0.717, 1.165) is 10.1 Å². The molecule has 0 aliphatic heterocycles. The fourth-order valence-corrected chi connectivity index (χ4v) is 2.43. The highest BCUT2D eigenvalue weighted by Crippen LogP contribution is 2.20. The zero-order chi connectivity index (χ0) is 8.81. The quantitative estimate of drug-likeness (QED) is 0.697. The molecule has 0 aliphatic carbocycles. The van der Waals surface area contributed by atoms with Gasteiger partial charge in [-0.3, -0.25) is 0 Å². The molecule has 0 aromatic carbocycles. The van der Waals surface area contributed by atoms with E-state index in [2.05, 4.69) is 10.3 Å². The van der Waals surface area contributed by atoms with Crippen LogP contribution in [0, 0.1) is 0 Å².